The Labute approximate surface area is 306 Å². The molecule has 12 bridgehead atoms. The van der Waals surface area contributed by atoms with Crippen molar-refractivity contribution in [1.29, 1.82) is 0 Å². The van der Waals surface area contributed by atoms with Gasteiger partial charge in [-0.05, 0) is 62.0 Å². The number of carbonyl (C=O) groups excluding carboxylic acids is 2. The first-order chi connectivity index (χ1) is 25.1. The van der Waals surface area contributed by atoms with Gasteiger partial charge in [-0.15, -0.1) is 0 Å². The molecule has 10 aliphatic heterocycles. The molecule has 0 saturated carbocycles. The van der Waals surface area contributed by atoms with Crippen LogP contribution in [0, 0.1) is 11.8 Å². The highest BCUT2D eigenvalue weighted by Crippen LogP contribution is 2.54. The van der Waals surface area contributed by atoms with Gasteiger partial charge in [-0.3, -0.25) is 9.59 Å². The Morgan fingerprint density at radius 2 is 1.50 bits per heavy atom. The molecular formula is C40H56O12. The maximum absolute atomic E-state index is 14.0. The average molecular weight is 729 g/mol. The van der Waals surface area contributed by atoms with Crippen molar-refractivity contribution in [2.45, 2.75) is 188 Å². The van der Waals surface area contributed by atoms with Crippen LogP contribution in [0.5, 0.6) is 0 Å². The number of hydrogen-bond acceptors (Lipinski definition) is 12. The van der Waals surface area contributed by atoms with Gasteiger partial charge in [-0.25, -0.2) is 0 Å². The van der Waals surface area contributed by atoms with E-state index in [9.17, 15) is 9.59 Å². The fourth-order valence-corrected chi connectivity index (χ4v) is 11.1. The quantitative estimate of drug-likeness (QED) is 0.304. The smallest absolute Gasteiger partial charge is 0.308 e. The molecule has 52 heavy (non-hydrogen) atoms. The summed E-state index contributed by atoms with van der Waals surface area (Å²) in [5, 5.41) is 0. The summed E-state index contributed by atoms with van der Waals surface area (Å²) in [4.78, 5) is 26.5. The third-order valence-corrected chi connectivity index (χ3v) is 13.8. The topological polar surface area (TPSA) is 126 Å². The van der Waals surface area contributed by atoms with Crippen LogP contribution in [0.4, 0.5) is 0 Å². The second kappa shape index (κ2) is 14.1. The predicted molar refractivity (Wildman–Crippen MR) is 183 cm³/mol. The zero-order valence-electron chi connectivity index (χ0n) is 30.8. The van der Waals surface area contributed by atoms with E-state index in [4.69, 9.17) is 47.4 Å². The summed E-state index contributed by atoms with van der Waals surface area (Å²) in [5.74, 6) is -1.11. The summed E-state index contributed by atoms with van der Waals surface area (Å²) in [6.07, 6.45) is 4.67. The molecule has 12 heteroatoms. The van der Waals surface area contributed by atoms with E-state index in [1.807, 2.05) is 0 Å². The Hall–Kier alpha value is -1.74. The second-order valence-corrected chi connectivity index (χ2v) is 17.1. The molecule has 0 amide bonds. The molecule has 0 aromatic heterocycles. The van der Waals surface area contributed by atoms with E-state index in [1.165, 1.54) is 7.11 Å². The van der Waals surface area contributed by atoms with Gasteiger partial charge in [-0.1, -0.05) is 20.1 Å². The fourth-order valence-electron chi connectivity index (χ4n) is 11.1. The molecule has 288 valence electrons. The minimum absolute atomic E-state index is 0.0256. The SMILES string of the molecule is C=C1C[C@@H]2CC[C@@]34C[C@H]5O[C@H]6[C@@H](O3)[C@H]3O[C@H](CC[C@@H]3O[C@H]6[C@H]5O4)CC(=O)C[C@@H]3[C@@H](OC)[C@@H](CC(=O)OC)O[C@H]3C[C@H]3O[C@@H](CC[C@@H]1O2)C[C@@H](C)C3=C. The molecule has 0 aromatic carbocycles. The molecular weight excluding hydrogens is 672 g/mol. The monoisotopic (exact) mass is 728 g/mol. The molecule has 10 fully saturated rings. The van der Waals surface area contributed by atoms with Crippen LogP contribution in [0.3, 0.4) is 0 Å². The largest absolute Gasteiger partial charge is 0.469 e. The molecule has 0 aromatic rings. The van der Waals surface area contributed by atoms with E-state index in [0.717, 1.165) is 49.7 Å². The summed E-state index contributed by atoms with van der Waals surface area (Å²) in [5.41, 5.74) is 2.17. The van der Waals surface area contributed by atoms with E-state index in [0.29, 0.717) is 25.7 Å². The number of ether oxygens (including phenoxy) is 10. The molecule has 0 N–H and O–H groups in total. The maximum Gasteiger partial charge on any atom is 0.308 e. The van der Waals surface area contributed by atoms with Gasteiger partial charge < -0.3 is 47.4 Å². The molecule has 10 saturated heterocycles. The van der Waals surface area contributed by atoms with Crippen molar-refractivity contribution >= 4 is 11.8 Å². The molecule has 0 unspecified atom stereocenters. The van der Waals surface area contributed by atoms with Crippen LogP contribution in [-0.2, 0) is 57.0 Å². The Morgan fingerprint density at radius 3 is 2.33 bits per heavy atom. The number of fused-ring (bicyclic) bond motifs is 6. The molecule has 10 rings (SSSR count). The Kier molecular flexibility index (Phi) is 9.73. The van der Waals surface area contributed by atoms with Crippen LogP contribution in [0.2, 0.25) is 0 Å². The maximum atomic E-state index is 14.0. The van der Waals surface area contributed by atoms with Gasteiger partial charge in [0.15, 0.2) is 5.79 Å². The Morgan fingerprint density at radius 1 is 0.750 bits per heavy atom. The van der Waals surface area contributed by atoms with Crippen LogP contribution < -0.4 is 0 Å². The van der Waals surface area contributed by atoms with Gasteiger partial charge in [0, 0.05) is 45.1 Å². The standard InChI is InChI=1S/C40H56O12/c1-19-12-23-6-8-27-20(2)13-25(45-27)10-11-40-18-32-36(51-40)37-38(50-32)39(52-40)35-28(49-37)9-7-24(47-35)14-22(41)15-26-30(16-29(46-23)21(19)3)48-31(34(26)44-5)17-33(42)43-4/h19,23-32,34-39H,2-3,6-18H2,1,4-5H3/t19-,23+,24-,25+,26+,27+,28+,29-,30+,31-,32-,34-,35+,36+,37+,38-,39+,40+/m1/s1. The molecule has 10 aliphatic rings. The van der Waals surface area contributed by atoms with Gasteiger partial charge in [0.1, 0.15) is 36.3 Å². The lowest BCUT2D eigenvalue weighted by Crippen LogP contribution is -2.61. The minimum Gasteiger partial charge on any atom is -0.469 e. The van der Waals surface area contributed by atoms with Crippen molar-refractivity contribution < 1.29 is 57.0 Å². The fraction of sp³-hybridized carbons (Fsp3) is 0.850. The molecule has 0 radical (unpaired) electrons. The first-order valence-electron chi connectivity index (χ1n) is 19.9. The second-order valence-electron chi connectivity index (χ2n) is 17.1. The Balaban J connectivity index is 0.995. The number of carbonyl (C=O) groups is 2. The summed E-state index contributed by atoms with van der Waals surface area (Å²) >= 11 is 0. The van der Waals surface area contributed by atoms with Crippen LogP contribution in [-0.4, -0.2) is 123 Å². The van der Waals surface area contributed by atoms with Gasteiger partial charge in [0.25, 0.3) is 0 Å². The van der Waals surface area contributed by atoms with E-state index < -0.39 is 18.0 Å². The first kappa shape index (κ1) is 35.9. The lowest BCUT2D eigenvalue weighted by Gasteiger charge is -2.47. The third-order valence-electron chi connectivity index (χ3n) is 13.8. The number of rotatable bonds is 3. The highest BCUT2D eigenvalue weighted by atomic mass is 16.8. The first-order valence-corrected chi connectivity index (χ1v) is 19.9. The number of methoxy groups -OCH3 is 2. The minimum atomic E-state index is -0.787. The van der Waals surface area contributed by atoms with Gasteiger partial charge in [0.2, 0.25) is 0 Å². The van der Waals surface area contributed by atoms with Crippen LogP contribution in [0.25, 0.3) is 0 Å². The van der Waals surface area contributed by atoms with E-state index >= 15 is 0 Å². The zero-order valence-corrected chi connectivity index (χ0v) is 30.8. The van der Waals surface area contributed by atoms with Crippen molar-refractivity contribution in [3.05, 3.63) is 24.3 Å². The number of Topliss-reactive ketones (excluding diaryl/α,β-unsaturated/α-hetero) is 1. The van der Waals surface area contributed by atoms with Crippen molar-refractivity contribution in [2.24, 2.45) is 11.8 Å². The predicted octanol–water partition coefficient (Wildman–Crippen LogP) is 4.29. The lowest BCUT2D eigenvalue weighted by molar-refractivity contribution is -0.292. The van der Waals surface area contributed by atoms with E-state index in [-0.39, 0.29) is 122 Å². The molecule has 0 aliphatic carbocycles. The van der Waals surface area contributed by atoms with Crippen molar-refractivity contribution in [1.82, 2.24) is 0 Å². The zero-order chi connectivity index (χ0) is 35.9. The Bertz CT molecular complexity index is 1420. The van der Waals surface area contributed by atoms with Crippen molar-refractivity contribution in [2.75, 3.05) is 14.2 Å². The molecule has 18 atom stereocenters. The molecule has 12 nitrogen and oxygen atoms in total. The van der Waals surface area contributed by atoms with Gasteiger partial charge in [-0.2, -0.15) is 0 Å². The normalized spacial score (nSPS) is 51.6. The van der Waals surface area contributed by atoms with Gasteiger partial charge >= 0.3 is 5.97 Å². The van der Waals surface area contributed by atoms with E-state index in [2.05, 4.69) is 20.1 Å². The number of ketones is 1. The lowest BCUT2D eigenvalue weighted by atomic mass is 9.81. The number of esters is 1. The number of hydrogen-bond donors (Lipinski definition) is 0. The third kappa shape index (κ3) is 6.45. The summed E-state index contributed by atoms with van der Waals surface area (Å²) in [6.45, 7) is 11.1. The highest BCUT2D eigenvalue weighted by Gasteiger charge is 2.68. The van der Waals surface area contributed by atoms with Crippen molar-refractivity contribution in [3.8, 4) is 0 Å². The summed E-state index contributed by atoms with van der Waals surface area (Å²) in [7, 11) is 2.99. The van der Waals surface area contributed by atoms with Crippen LogP contribution in [0.15, 0.2) is 24.3 Å². The summed E-state index contributed by atoms with van der Waals surface area (Å²) in [6, 6.07) is 0. The van der Waals surface area contributed by atoms with Crippen molar-refractivity contribution in [3.63, 3.8) is 0 Å². The molecule has 10 heterocycles. The summed E-state index contributed by atoms with van der Waals surface area (Å²) < 4.78 is 64.8. The van der Waals surface area contributed by atoms with E-state index in [1.54, 1.807) is 7.11 Å². The van der Waals surface area contributed by atoms with Gasteiger partial charge in [0.05, 0.1) is 74.6 Å². The molecule has 1 spiro atoms. The van der Waals surface area contributed by atoms with Crippen LogP contribution >= 0.6 is 0 Å². The van der Waals surface area contributed by atoms with Crippen LogP contribution in [0.1, 0.15) is 90.4 Å². The highest BCUT2D eigenvalue weighted by molar-refractivity contribution is 5.79. The average Bonchev–Trinajstić information content (AvgIpc) is 3.79.